The van der Waals surface area contributed by atoms with Crippen molar-refractivity contribution in [2.45, 2.75) is 30.5 Å². The number of allylic oxidation sites excluding steroid dienone is 1. The Balaban J connectivity index is 1.47. The lowest BCUT2D eigenvalue weighted by molar-refractivity contribution is -0.130. The monoisotopic (exact) mass is 503 g/mol. The van der Waals surface area contributed by atoms with Crippen LogP contribution in [0, 0.1) is 5.92 Å². The highest BCUT2D eigenvalue weighted by molar-refractivity contribution is 7.99. The Morgan fingerprint density at radius 2 is 1.78 bits per heavy atom. The average molecular weight is 504 g/mol. The molecule has 0 spiro atoms. The fraction of sp³-hybridized carbons (Fsp3) is 0.333. The first-order valence-corrected chi connectivity index (χ1v) is 12.9. The summed E-state index contributed by atoms with van der Waals surface area (Å²) >= 11 is 1.37. The lowest BCUT2D eigenvalue weighted by atomic mass is 9.77. The number of aromatic nitrogens is 3. The maximum atomic E-state index is 13.5. The second-order valence-electron chi connectivity index (χ2n) is 8.90. The number of aryl methyl sites for hydroxylation is 1. The Kier molecular flexibility index (Phi) is 7.09. The number of hydrogen-bond acceptors (Lipinski definition) is 7. The molecule has 5 rings (SSSR count). The van der Waals surface area contributed by atoms with Crippen molar-refractivity contribution in [3.8, 4) is 11.5 Å². The second-order valence-corrected chi connectivity index (χ2v) is 9.84. The van der Waals surface area contributed by atoms with Gasteiger partial charge in [-0.25, -0.2) is 5.01 Å². The van der Waals surface area contributed by atoms with Crippen LogP contribution in [-0.2, 0) is 11.8 Å². The number of fused-ring (bicyclic) bond motifs is 1. The number of thioether (sulfide) groups is 1. The van der Waals surface area contributed by atoms with Crippen molar-refractivity contribution in [1.29, 1.82) is 0 Å². The lowest BCUT2D eigenvalue weighted by Crippen LogP contribution is -2.32. The molecule has 0 saturated heterocycles. The molecule has 186 valence electrons. The molecule has 8 nitrogen and oxygen atoms in total. The zero-order valence-electron chi connectivity index (χ0n) is 20.6. The van der Waals surface area contributed by atoms with E-state index in [1.54, 1.807) is 25.6 Å². The van der Waals surface area contributed by atoms with Gasteiger partial charge in [-0.3, -0.25) is 4.79 Å². The van der Waals surface area contributed by atoms with Crippen molar-refractivity contribution in [3.63, 3.8) is 0 Å². The second kappa shape index (κ2) is 10.6. The van der Waals surface area contributed by atoms with Gasteiger partial charge >= 0.3 is 0 Å². The van der Waals surface area contributed by atoms with Crippen LogP contribution in [0.2, 0.25) is 0 Å². The number of carbonyl (C=O) groups excluding carboxylic acids is 1. The van der Waals surface area contributed by atoms with Crippen LogP contribution >= 0.6 is 11.8 Å². The molecule has 1 saturated carbocycles. The van der Waals surface area contributed by atoms with Gasteiger partial charge in [-0.05, 0) is 66.3 Å². The van der Waals surface area contributed by atoms with E-state index in [0.29, 0.717) is 5.16 Å². The first kappa shape index (κ1) is 24.1. The van der Waals surface area contributed by atoms with Crippen LogP contribution < -0.4 is 9.47 Å². The fourth-order valence-electron chi connectivity index (χ4n) is 4.84. The quantitative estimate of drug-likeness (QED) is 0.433. The molecular weight excluding hydrogens is 474 g/mol. The van der Waals surface area contributed by atoms with Gasteiger partial charge in [0.15, 0.2) is 5.16 Å². The first-order chi connectivity index (χ1) is 17.6. The van der Waals surface area contributed by atoms with Gasteiger partial charge in [0, 0.05) is 13.0 Å². The normalized spacial score (nSPS) is 20.2. The smallest absolute Gasteiger partial charge is 0.253 e. The summed E-state index contributed by atoms with van der Waals surface area (Å²) in [7, 11) is 5.19. The molecular formula is C27H29N5O3S. The van der Waals surface area contributed by atoms with Crippen molar-refractivity contribution < 1.29 is 14.3 Å². The third-order valence-electron chi connectivity index (χ3n) is 6.67. The zero-order valence-corrected chi connectivity index (χ0v) is 21.4. The Hall–Kier alpha value is -3.59. The topological polar surface area (TPSA) is 81.8 Å². The van der Waals surface area contributed by atoms with Crippen molar-refractivity contribution in [3.05, 3.63) is 71.6 Å². The zero-order chi connectivity index (χ0) is 25.1. The number of carbonyl (C=O) groups is 1. The number of ether oxygens (including phenoxy) is 2. The standard InChI is InChI=1S/C27H29N5O3S/c1-31-17-28-29-27(31)36-16-24(33)32-26(19-9-13-22(35-3)14-10-19)23-6-4-5-20(25(23)30-32)15-18-7-11-21(34-2)12-8-18/h7-15,17,23,26H,4-6,16H2,1-3H3. The number of hydrogen-bond donors (Lipinski definition) is 0. The molecule has 0 N–H and O–H groups in total. The average Bonchev–Trinajstić information content (AvgIpc) is 3.51. The summed E-state index contributed by atoms with van der Waals surface area (Å²) < 4.78 is 12.5. The van der Waals surface area contributed by atoms with Crippen LogP contribution in [0.3, 0.4) is 0 Å². The molecule has 36 heavy (non-hydrogen) atoms. The van der Waals surface area contributed by atoms with E-state index in [4.69, 9.17) is 14.6 Å². The van der Waals surface area contributed by atoms with E-state index in [1.807, 2.05) is 60.1 Å². The van der Waals surface area contributed by atoms with Gasteiger partial charge in [0.25, 0.3) is 5.91 Å². The predicted octanol–water partition coefficient (Wildman–Crippen LogP) is 4.75. The predicted molar refractivity (Wildman–Crippen MR) is 140 cm³/mol. The highest BCUT2D eigenvalue weighted by Gasteiger charge is 2.43. The van der Waals surface area contributed by atoms with E-state index in [2.05, 4.69) is 16.3 Å². The molecule has 0 bridgehead atoms. The van der Waals surface area contributed by atoms with E-state index in [0.717, 1.165) is 47.6 Å². The van der Waals surface area contributed by atoms with Gasteiger partial charge in [0.05, 0.1) is 31.7 Å². The third kappa shape index (κ3) is 4.88. The number of benzene rings is 2. The molecule has 2 aromatic carbocycles. The minimum Gasteiger partial charge on any atom is -0.497 e. The number of hydrazone groups is 1. The van der Waals surface area contributed by atoms with E-state index in [-0.39, 0.29) is 23.6 Å². The third-order valence-corrected chi connectivity index (χ3v) is 7.68. The molecule has 1 aliphatic carbocycles. The highest BCUT2D eigenvalue weighted by Crippen LogP contribution is 2.45. The fourth-order valence-corrected chi connectivity index (χ4v) is 5.58. The number of nitrogens with zero attached hydrogens (tertiary/aromatic N) is 5. The minimum absolute atomic E-state index is 0.0467. The first-order valence-electron chi connectivity index (χ1n) is 11.9. The summed E-state index contributed by atoms with van der Waals surface area (Å²) in [5.74, 6) is 1.95. The van der Waals surface area contributed by atoms with Gasteiger partial charge in [-0.15, -0.1) is 10.2 Å². The molecule has 2 unspecified atom stereocenters. The molecule has 1 fully saturated rings. The summed E-state index contributed by atoms with van der Waals surface area (Å²) in [6.45, 7) is 0. The van der Waals surface area contributed by atoms with Crippen LogP contribution in [0.5, 0.6) is 11.5 Å². The van der Waals surface area contributed by atoms with Crippen molar-refractivity contribution in [2.75, 3.05) is 20.0 Å². The van der Waals surface area contributed by atoms with Crippen molar-refractivity contribution in [1.82, 2.24) is 19.8 Å². The Morgan fingerprint density at radius 3 is 2.42 bits per heavy atom. The molecule has 2 heterocycles. The summed E-state index contributed by atoms with van der Waals surface area (Å²) in [5, 5.41) is 15.4. The summed E-state index contributed by atoms with van der Waals surface area (Å²) in [6.07, 6.45) is 6.79. The lowest BCUT2D eigenvalue weighted by Gasteiger charge is -2.29. The molecule has 1 amide bonds. The van der Waals surface area contributed by atoms with Crippen LogP contribution in [-0.4, -0.2) is 51.4 Å². The SMILES string of the molecule is COc1ccc(C=C2CCCC3C2=NN(C(=O)CSc2nncn2C)C3c2ccc(OC)cc2)cc1. The summed E-state index contributed by atoms with van der Waals surface area (Å²) in [4.78, 5) is 13.5. The van der Waals surface area contributed by atoms with Gasteiger partial charge in [-0.1, -0.05) is 36.0 Å². The molecule has 9 heteroatoms. The number of methoxy groups -OCH3 is 2. The van der Waals surface area contributed by atoms with Crippen molar-refractivity contribution >= 4 is 29.5 Å². The largest absolute Gasteiger partial charge is 0.497 e. The molecule has 1 aromatic heterocycles. The van der Waals surface area contributed by atoms with Crippen molar-refractivity contribution in [2.24, 2.45) is 18.1 Å². The molecule has 2 aliphatic rings. The summed E-state index contributed by atoms with van der Waals surface area (Å²) in [6, 6.07) is 15.8. The molecule has 1 aliphatic heterocycles. The van der Waals surface area contributed by atoms with E-state index in [1.165, 1.54) is 17.3 Å². The van der Waals surface area contributed by atoms with Crippen LogP contribution in [0.1, 0.15) is 36.4 Å². The van der Waals surface area contributed by atoms with E-state index >= 15 is 0 Å². The Labute approximate surface area is 215 Å². The maximum absolute atomic E-state index is 13.5. The van der Waals surface area contributed by atoms with Gasteiger partial charge in [-0.2, -0.15) is 5.10 Å². The van der Waals surface area contributed by atoms with Crippen LogP contribution in [0.25, 0.3) is 6.08 Å². The van der Waals surface area contributed by atoms with Gasteiger partial charge < -0.3 is 14.0 Å². The van der Waals surface area contributed by atoms with Gasteiger partial charge in [0.1, 0.15) is 17.8 Å². The van der Waals surface area contributed by atoms with Gasteiger partial charge in [0.2, 0.25) is 0 Å². The molecule has 2 atom stereocenters. The number of rotatable bonds is 7. The maximum Gasteiger partial charge on any atom is 0.253 e. The van der Waals surface area contributed by atoms with E-state index < -0.39 is 0 Å². The Bertz CT molecular complexity index is 1280. The minimum atomic E-state index is -0.155. The van der Waals surface area contributed by atoms with E-state index in [9.17, 15) is 4.79 Å². The van der Waals surface area contributed by atoms with Crippen LogP contribution in [0.4, 0.5) is 0 Å². The highest BCUT2D eigenvalue weighted by atomic mass is 32.2. The van der Waals surface area contributed by atoms with Crippen LogP contribution in [0.15, 0.2) is 70.7 Å². The molecule has 3 aromatic rings. The Morgan fingerprint density at radius 1 is 1.08 bits per heavy atom. The number of amides is 1. The summed E-state index contributed by atoms with van der Waals surface area (Å²) in [5.41, 5.74) is 4.35. The molecule has 0 radical (unpaired) electrons.